The Labute approximate surface area is 102 Å². The van der Waals surface area contributed by atoms with E-state index in [-0.39, 0.29) is 0 Å². The summed E-state index contributed by atoms with van der Waals surface area (Å²) < 4.78 is 0. The molecular weight excluding hydrogens is 212 g/mol. The summed E-state index contributed by atoms with van der Waals surface area (Å²) in [4.78, 5) is 0. The lowest BCUT2D eigenvalue weighted by Crippen LogP contribution is -2.17. The van der Waals surface area contributed by atoms with Gasteiger partial charge < -0.3 is 5.11 Å². The smallest absolute Gasteiger partial charge is 0.129 e. The summed E-state index contributed by atoms with van der Waals surface area (Å²) >= 11 is 0. The summed E-state index contributed by atoms with van der Waals surface area (Å²) in [6.07, 6.45) is 9.35. The van der Waals surface area contributed by atoms with Gasteiger partial charge in [0, 0.05) is 6.42 Å². The molecule has 0 saturated heterocycles. The van der Waals surface area contributed by atoms with E-state index in [1.807, 2.05) is 0 Å². The molecule has 1 atom stereocenters. The number of aliphatic hydroxyl groups is 1. The fourth-order valence-electron chi connectivity index (χ4n) is 1.21. The Bertz CT molecular complexity index is 252. The van der Waals surface area contributed by atoms with Gasteiger partial charge in [0.2, 0.25) is 0 Å². The van der Waals surface area contributed by atoms with Gasteiger partial charge in [-0.25, -0.2) is 0 Å². The molecule has 0 aromatic rings. The Morgan fingerprint density at radius 1 is 1.19 bits per heavy atom. The number of unbranched alkanes of at least 4 members (excludes halogenated alkanes) is 3. The molecule has 0 aromatic heterocycles. The van der Waals surface area contributed by atoms with Gasteiger partial charge in [-0.1, -0.05) is 57.5 Å². The maximum absolute atomic E-state index is 9.61. The van der Waals surface area contributed by atoms with Crippen LogP contribution in [0.4, 0.5) is 0 Å². The highest BCUT2D eigenvalue weighted by atomic mass is 28.3. The Morgan fingerprint density at radius 3 is 2.44 bits per heavy atom. The number of rotatable bonds is 6. The van der Waals surface area contributed by atoms with E-state index in [0.717, 1.165) is 6.42 Å². The van der Waals surface area contributed by atoms with Crippen molar-refractivity contribution >= 4 is 8.07 Å². The molecule has 0 spiro atoms. The lowest BCUT2D eigenvalue weighted by Gasteiger charge is -2.05. The molecular formula is C14H26OSi. The molecule has 0 radical (unpaired) electrons. The number of aliphatic hydroxyl groups excluding tert-OH is 1. The molecule has 0 aliphatic carbocycles. The first-order valence-electron chi connectivity index (χ1n) is 6.31. The molecule has 0 amide bonds. The topological polar surface area (TPSA) is 20.2 Å². The molecule has 1 N–H and O–H groups in total. The van der Waals surface area contributed by atoms with Gasteiger partial charge in [-0.05, 0) is 12.8 Å². The first-order chi connectivity index (χ1) is 7.45. The Balaban J connectivity index is 3.71. The summed E-state index contributed by atoms with van der Waals surface area (Å²) in [6.45, 7) is 8.77. The van der Waals surface area contributed by atoms with Crippen LogP contribution in [0.3, 0.4) is 0 Å². The molecule has 0 aliphatic heterocycles. The van der Waals surface area contributed by atoms with Gasteiger partial charge in [-0.2, -0.15) is 0 Å². The number of hydrogen-bond donors (Lipinski definition) is 1. The summed E-state index contributed by atoms with van der Waals surface area (Å²) in [5.41, 5.74) is 3.19. The van der Waals surface area contributed by atoms with Gasteiger partial charge in [-0.3, -0.25) is 0 Å². The first kappa shape index (κ1) is 15.5. The predicted octanol–water partition coefficient (Wildman–Crippen LogP) is 3.75. The largest absolute Gasteiger partial charge is 0.380 e. The molecule has 0 aromatic carbocycles. The predicted molar refractivity (Wildman–Crippen MR) is 75.0 cm³/mol. The Morgan fingerprint density at radius 2 is 1.88 bits per heavy atom. The van der Waals surface area contributed by atoms with Crippen molar-refractivity contribution in [2.75, 3.05) is 0 Å². The zero-order valence-electron chi connectivity index (χ0n) is 11.2. The van der Waals surface area contributed by atoms with Gasteiger partial charge in [0.25, 0.3) is 0 Å². The standard InChI is InChI=1S/C14H26OSi/c1-5-6-7-8-9-10-11-14(15)12-13-16(2,3)4/h9-10,14-15H,5-8,11H2,1-4H3/b10-9-/t14-/m0/s1. The third-order valence-corrected chi connectivity index (χ3v) is 3.01. The molecule has 0 fully saturated rings. The highest BCUT2D eigenvalue weighted by Crippen LogP contribution is 2.02. The van der Waals surface area contributed by atoms with Crippen LogP contribution in [-0.4, -0.2) is 19.3 Å². The quantitative estimate of drug-likeness (QED) is 0.323. The third kappa shape index (κ3) is 11.6. The van der Waals surface area contributed by atoms with E-state index in [1.54, 1.807) is 0 Å². The second-order valence-corrected chi connectivity index (χ2v) is 9.99. The van der Waals surface area contributed by atoms with Gasteiger partial charge in [0.05, 0.1) is 0 Å². The van der Waals surface area contributed by atoms with Crippen LogP contribution in [0.2, 0.25) is 19.6 Å². The molecule has 0 rings (SSSR count). The normalized spacial score (nSPS) is 13.6. The van der Waals surface area contributed by atoms with Crippen molar-refractivity contribution in [2.45, 2.75) is 64.8 Å². The van der Waals surface area contributed by atoms with Gasteiger partial charge in [0.1, 0.15) is 14.2 Å². The van der Waals surface area contributed by atoms with Crippen molar-refractivity contribution in [3.8, 4) is 11.5 Å². The summed E-state index contributed by atoms with van der Waals surface area (Å²) in [7, 11) is -1.33. The van der Waals surface area contributed by atoms with Crippen LogP contribution in [-0.2, 0) is 0 Å². The first-order valence-corrected chi connectivity index (χ1v) is 9.81. The van der Waals surface area contributed by atoms with Crippen LogP contribution < -0.4 is 0 Å². The summed E-state index contributed by atoms with van der Waals surface area (Å²) in [5, 5.41) is 9.61. The van der Waals surface area contributed by atoms with Crippen LogP contribution in [0, 0.1) is 11.5 Å². The Kier molecular flexibility index (Phi) is 8.33. The zero-order valence-corrected chi connectivity index (χ0v) is 12.2. The molecule has 1 nitrogen and oxygen atoms in total. The third-order valence-electron chi connectivity index (χ3n) is 2.11. The van der Waals surface area contributed by atoms with Gasteiger partial charge in [-0.15, -0.1) is 5.54 Å². The summed E-state index contributed by atoms with van der Waals surface area (Å²) in [6, 6.07) is 0. The van der Waals surface area contributed by atoms with Crippen LogP contribution in [0.5, 0.6) is 0 Å². The lowest BCUT2D eigenvalue weighted by molar-refractivity contribution is 0.236. The van der Waals surface area contributed by atoms with E-state index < -0.39 is 14.2 Å². The van der Waals surface area contributed by atoms with Crippen LogP contribution in [0.15, 0.2) is 12.2 Å². The Hall–Kier alpha value is -0.523. The molecule has 0 heterocycles. The van der Waals surface area contributed by atoms with Gasteiger partial charge >= 0.3 is 0 Å². The van der Waals surface area contributed by atoms with Crippen molar-refractivity contribution in [3.05, 3.63) is 12.2 Å². The maximum atomic E-state index is 9.61. The van der Waals surface area contributed by atoms with Crippen molar-refractivity contribution < 1.29 is 5.11 Å². The molecule has 2 heteroatoms. The van der Waals surface area contributed by atoms with Crippen LogP contribution in [0.25, 0.3) is 0 Å². The monoisotopic (exact) mass is 238 g/mol. The zero-order chi connectivity index (χ0) is 12.4. The molecule has 0 unspecified atom stereocenters. The summed E-state index contributed by atoms with van der Waals surface area (Å²) in [5.74, 6) is 2.94. The minimum atomic E-state index is -1.33. The average molecular weight is 238 g/mol. The molecule has 16 heavy (non-hydrogen) atoms. The number of allylic oxidation sites excluding steroid dienone is 1. The van der Waals surface area contributed by atoms with Crippen LogP contribution in [0.1, 0.15) is 39.0 Å². The van der Waals surface area contributed by atoms with E-state index in [0.29, 0.717) is 6.42 Å². The number of hydrogen-bond acceptors (Lipinski definition) is 1. The minimum absolute atomic E-state index is 0.478. The van der Waals surface area contributed by atoms with Crippen molar-refractivity contribution in [2.24, 2.45) is 0 Å². The SMILES string of the molecule is CCCCC/C=C\C[C@H](O)C#C[Si](C)(C)C. The van der Waals surface area contributed by atoms with E-state index in [1.165, 1.54) is 19.3 Å². The molecule has 92 valence electrons. The second-order valence-electron chi connectivity index (χ2n) is 5.24. The minimum Gasteiger partial charge on any atom is -0.380 e. The highest BCUT2D eigenvalue weighted by molar-refractivity contribution is 6.83. The molecule has 0 aliphatic rings. The van der Waals surface area contributed by atoms with Crippen molar-refractivity contribution in [1.29, 1.82) is 0 Å². The lowest BCUT2D eigenvalue weighted by atomic mass is 10.2. The van der Waals surface area contributed by atoms with E-state index >= 15 is 0 Å². The van der Waals surface area contributed by atoms with Crippen molar-refractivity contribution in [3.63, 3.8) is 0 Å². The highest BCUT2D eigenvalue weighted by Gasteiger charge is 2.08. The molecule has 0 bridgehead atoms. The van der Waals surface area contributed by atoms with Crippen LogP contribution >= 0.6 is 0 Å². The van der Waals surface area contributed by atoms with E-state index in [2.05, 4.69) is 50.2 Å². The second kappa shape index (κ2) is 8.61. The fraction of sp³-hybridized carbons (Fsp3) is 0.714. The maximum Gasteiger partial charge on any atom is 0.129 e. The fourth-order valence-corrected chi connectivity index (χ4v) is 1.81. The van der Waals surface area contributed by atoms with E-state index in [9.17, 15) is 5.11 Å². The van der Waals surface area contributed by atoms with Gasteiger partial charge in [0.15, 0.2) is 0 Å². The van der Waals surface area contributed by atoms with E-state index in [4.69, 9.17) is 0 Å². The van der Waals surface area contributed by atoms with Crippen molar-refractivity contribution in [1.82, 2.24) is 0 Å². The molecule has 0 saturated carbocycles. The average Bonchev–Trinajstić information content (AvgIpc) is 2.19.